The molecule has 0 saturated carbocycles. The molecule has 4 rings (SSSR count). The van der Waals surface area contributed by atoms with Crippen LogP contribution in [0.5, 0.6) is 5.75 Å². The van der Waals surface area contributed by atoms with E-state index in [-0.39, 0.29) is 11.8 Å². The quantitative estimate of drug-likeness (QED) is 0.627. The van der Waals surface area contributed by atoms with E-state index in [4.69, 9.17) is 4.74 Å². The second-order valence-electron chi connectivity index (χ2n) is 7.51. The van der Waals surface area contributed by atoms with Crippen molar-refractivity contribution in [2.75, 3.05) is 38.2 Å². The van der Waals surface area contributed by atoms with Crippen LogP contribution in [0.25, 0.3) is 0 Å². The topological polar surface area (TPSA) is 45.7 Å². The fourth-order valence-corrected chi connectivity index (χ4v) is 4.02. The summed E-state index contributed by atoms with van der Waals surface area (Å²) in [4.78, 5) is 21.6. The summed E-state index contributed by atoms with van der Waals surface area (Å²) in [7, 11) is 1.67. The highest BCUT2D eigenvalue weighted by Crippen LogP contribution is 2.30. The van der Waals surface area contributed by atoms with Crippen LogP contribution >= 0.6 is 0 Å². The molecule has 30 heavy (non-hydrogen) atoms. The van der Waals surface area contributed by atoms with E-state index < -0.39 is 0 Å². The van der Waals surface area contributed by atoms with Gasteiger partial charge in [-0.25, -0.2) is 0 Å². The van der Waals surface area contributed by atoms with E-state index in [1.807, 2.05) is 59.8 Å². The monoisotopic (exact) mass is 401 g/mol. The Bertz CT molecular complexity index is 937. The Morgan fingerprint density at radius 2 is 1.53 bits per heavy atom. The number of hydrogen-bond acceptors (Lipinski definition) is 4. The normalized spacial score (nSPS) is 15.0. The summed E-state index contributed by atoms with van der Waals surface area (Å²) in [6, 6.07) is 22.4. The first-order valence-electron chi connectivity index (χ1n) is 10.4. The minimum Gasteiger partial charge on any atom is -0.497 e. The molecule has 5 heteroatoms. The summed E-state index contributed by atoms with van der Waals surface area (Å²) in [6.07, 6.45) is 4.09. The Morgan fingerprint density at radius 1 is 0.900 bits per heavy atom. The van der Waals surface area contributed by atoms with Crippen LogP contribution < -0.4 is 9.64 Å². The Morgan fingerprint density at radius 3 is 2.17 bits per heavy atom. The second kappa shape index (κ2) is 9.44. The van der Waals surface area contributed by atoms with Gasteiger partial charge in [0.25, 0.3) is 0 Å². The van der Waals surface area contributed by atoms with E-state index in [1.165, 1.54) is 0 Å². The van der Waals surface area contributed by atoms with Crippen molar-refractivity contribution >= 4 is 11.6 Å². The van der Waals surface area contributed by atoms with Crippen molar-refractivity contribution in [2.24, 2.45) is 0 Å². The maximum absolute atomic E-state index is 13.2. The number of ether oxygens (including phenoxy) is 1. The molecule has 2 heterocycles. The van der Waals surface area contributed by atoms with Crippen molar-refractivity contribution in [1.82, 2.24) is 9.88 Å². The molecule has 1 saturated heterocycles. The second-order valence-corrected chi connectivity index (χ2v) is 7.51. The highest BCUT2D eigenvalue weighted by atomic mass is 16.5. The van der Waals surface area contributed by atoms with Crippen LogP contribution in [0, 0.1) is 0 Å². The number of benzene rings is 2. The van der Waals surface area contributed by atoms with Crippen molar-refractivity contribution in [3.8, 4) is 5.75 Å². The molecular formula is C25H27N3O2. The highest BCUT2D eigenvalue weighted by molar-refractivity contribution is 5.78. The lowest BCUT2D eigenvalue weighted by Gasteiger charge is -2.36. The van der Waals surface area contributed by atoms with E-state index in [1.54, 1.807) is 7.11 Å². The van der Waals surface area contributed by atoms with Gasteiger partial charge < -0.3 is 14.5 Å². The SMILES string of the molecule is COc1ccc(C(CC(=O)N2CCN(c3ccncc3)CC2)c2ccccc2)cc1. The summed E-state index contributed by atoms with van der Waals surface area (Å²) < 4.78 is 5.29. The molecule has 0 aliphatic carbocycles. The van der Waals surface area contributed by atoms with E-state index in [2.05, 4.69) is 34.1 Å². The minimum atomic E-state index is 0.0304. The zero-order chi connectivity index (χ0) is 20.8. The zero-order valence-electron chi connectivity index (χ0n) is 17.3. The van der Waals surface area contributed by atoms with Gasteiger partial charge in [0.2, 0.25) is 5.91 Å². The predicted molar refractivity (Wildman–Crippen MR) is 119 cm³/mol. The molecular weight excluding hydrogens is 374 g/mol. The van der Waals surface area contributed by atoms with E-state index >= 15 is 0 Å². The van der Waals surface area contributed by atoms with Crippen molar-refractivity contribution in [3.63, 3.8) is 0 Å². The number of rotatable bonds is 6. The molecule has 1 atom stereocenters. The molecule has 1 fully saturated rings. The van der Waals surface area contributed by atoms with Gasteiger partial charge in [-0.05, 0) is 35.4 Å². The van der Waals surface area contributed by atoms with Crippen LogP contribution in [0.2, 0.25) is 0 Å². The van der Waals surface area contributed by atoms with Crippen LogP contribution in [0.15, 0.2) is 79.1 Å². The maximum Gasteiger partial charge on any atom is 0.223 e. The molecule has 0 spiro atoms. The average Bonchev–Trinajstić information content (AvgIpc) is 2.84. The van der Waals surface area contributed by atoms with Crippen LogP contribution in [-0.4, -0.2) is 49.1 Å². The number of nitrogens with zero attached hydrogens (tertiary/aromatic N) is 3. The Balaban J connectivity index is 1.45. The van der Waals surface area contributed by atoms with Crippen molar-refractivity contribution < 1.29 is 9.53 Å². The van der Waals surface area contributed by atoms with Gasteiger partial charge in [0.15, 0.2) is 0 Å². The number of methoxy groups -OCH3 is 1. The smallest absolute Gasteiger partial charge is 0.223 e. The summed E-state index contributed by atoms with van der Waals surface area (Å²) in [5.41, 5.74) is 3.45. The molecule has 1 unspecified atom stereocenters. The number of amides is 1. The first kappa shape index (κ1) is 20.0. The summed E-state index contributed by atoms with van der Waals surface area (Å²) >= 11 is 0. The molecule has 0 radical (unpaired) electrons. The van der Waals surface area contributed by atoms with Gasteiger partial charge in [0.05, 0.1) is 7.11 Å². The molecule has 154 valence electrons. The van der Waals surface area contributed by atoms with E-state index in [9.17, 15) is 4.79 Å². The molecule has 1 aliphatic heterocycles. The van der Waals surface area contributed by atoms with Gasteiger partial charge in [-0.3, -0.25) is 9.78 Å². The number of anilines is 1. The van der Waals surface area contributed by atoms with E-state index in [0.29, 0.717) is 6.42 Å². The molecule has 1 aliphatic rings. The van der Waals surface area contributed by atoms with Gasteiger partial charge in [-0.2, -0.15) is 0 Å². The molecule has 3 aromatic rings. The third-order valence-electron chi connectivity index (χ3n) is 5.76. The molecule has 1 amide bonds. The van der Waals surface area contributed by atoms with Crippen LogP contribution in [-0.2, 0) is 4.79 Å². The standard InChI is InChI=1S/C25H27N3O2/c1-30-23-9-7-21(8-10-23)24(20-5-3-2-4-6-20)19-25(29)28-17-15-27(16-18-28)22-11-13-26-14-12-22/h2-14,24H,15-19H2,1H3. The number of piperazine rings is 1. The van der Waals surface area contributed by atoms with Gasteiger partial charge >= 0.3 is 0 Å². The molecule has 1 aromatic heterocycles. The fourth-order valence-electron chi connectivity index (χ4n) is 4.02. The molecule has 2 aromatic carbocycles. The van der Waals surface area contributed by atoms with Crippen LogP contribution in [0.4, 0.5) is 5.69 Å². The Labute approximate surface area is 177 Å². The molecule has 5 nitrogen and oxygen atoms in total. The number of aromatic nitrogens is 1. The van der Waals surface area contributed by atoms with Gasteiger partial charge in [0.1, 0.15) is 5.75 Å². The van der Waals surface area contributed by atoms with Crippen LogP contribution in [0.1, 0.15) is 23.5 Å². The number of carbonyl (C=O) groups is 1. The molecule has 0 bridgehead atoms. The summed E-state index contributed by atoms with van der Waals surface area (Å²) in [5, 5.41) is 0. The van der Waals surface area contributed by atoms with Crippen molar-refractivity contribution in [1.29, 1.82) is 0 Å². The lowest BCUT2D eigenvalue weighted by atomic mass is 9.88. The fraction of sp³-hybridized carbons (Fsp3) is 0.280. The number of carbonyl (C=O) groups excluding carboxylic acids is 1. The third-order valence-corrected chi connectivity index (χ3v) is 5.76. The first-order chi connectivity index (χ1) is 14.7. The van der Waals surface area contributed by atoms with Gasteiger partial charge in [0, 0.05) is 56.6 Å². The summed E-state index contributed by atoms with van der Waals surface area (Å²) in [6.45, 7) is 3.17. The molecule has 0 N–H and O–H groups in total. The minimum absolute atomic E-state index is 0.0304. The first-order valence-corrected chi connectivity index (χ1v) is 10.4. The van der Waals surface area contributed by atoms with Crippen molar-refractivity contribution in [3.05, 3.63) is 90.3 Å². The average molecular weight is 402 g/mol. The van der Waals surface area contributed by atoms with Gasteiger partial charge in [-0.1, -0.05) is 42.5 Å². The predicted octanol–water partition coefficient (Wildman–Crippen LogP) is 3.96. The van der Waals surface area contributed by atoms with Crippen LogP contribution in [0.3, 0.4) is 0 Å². The largest absolute Gasteiger partial charge is 0.497 e. The third kappa shape index (κ3) is 4.62. The Kier molecular flexibility index (Phi) is 6.28. The highest BCUT2D eigenvalue weighted by Gasteiger charge is 2.25. The lowest BCUT2D eigenvalue weighted by molar-refractivity contribution is -0.131. The van der Waals surface area contributed by atoms with E-state index in [0.717, 1.165) is 48.7 Å². The summed E-state index contributed by atoms with van der Waals surface area (Å²) in [5.74, 6) is 1.06. The van der Waals surface area contributed by atoms with Gasteiger partial charge in [-0.15, -0.1) is 0 Å². The number of hydrogen-bond donors (Lipinski definition) is 0. The number of pyridine rings is 1. The zero-order valence-corrected chi connectivity index (χ0v) is 17.3. The maximum atomic E-state index is 13.2. The lowest BCUT2D eigenvalue weighted by Crippen LogP contribution is -2.49. The van der Waals surface area contributed by atoms with Crippen molar-refractivity contribution in [2.45, 2.75) is 12.3 Å². The Hall–Kier alpha value is -3.34.